The minimum absolute atomic E-state index is 0.268. The Morgan fingerprint density at radius 1 is 1.37 bits per heavy atom. The smallest absolute Gasteiger partial charge is 0.242 e. The number of rotatable bonds is 6. The third-order valence-electron chi connectivity index (χ3n) is 2.44. The van der Waals surface area contributed by atoms with Crippen LogP contribution in [0.15, 0.2) is 32.3 Å². The molecule has 2 heterocycles. The Kier molecular flexibility index (Phi) is 5.15. The Labute approximate surface area is 128 Å². The molecule has 0 aromatic carbocycles. The highest BCUT2D eigenvalue weighted by Crippen LogP contribution is 2.31. The van der Waals surface area contributed by atoms with Crippen molar-refractivity contribution in [2.45, 2.75) is 17.9 Å². The van der Waals surface area contributed by atoms with Crippen LogP contribution in [-0.4, -0.2) is 15.0 Å². The van der Waals surface area contributed by atoms with E-state index in [1.54, 1.807) is 17.4 Å². The van der Waals surface area contributed by atoms with Crippen molar-refractivity contribution in [3.8, 4) is 0 Å². The van der Waals surface area contributed by atoms with Gasteiger partial charge in [-0.05, 0) is 39.9 Å². The maximum absolute atomic E-state index is 12.1. The van der Waals surface area contributed by atoms with Crippen molar-refractivity contribution >= 4 is 48.6 Å². The van der Waals surface area contributed by atoms with Gasteiger partial charge in [0, 0.05) is 22.8 Å². The average molecular weight is 381 g/mol. The van der Waals surface area contributed by atoms with E-state index >= 15 is 0 Å². The molecule has 3 N–H and O–H groups in total. The fraction of sp³-hybridized carbons (Fsp3) is 0.273. The molecule has 0 saturated carbocycles. The summed E-state index contributed by atoms with van der Waals surface area (Å²) in [7, 11) is -3.47. The van der Waals surface area contributed by atoms with Crippen molar-refractivity contribution < 1.29 is 8.42 Å². The fourth-order valence-electron chi connectivity index (χ4n) is 1.52. The SMILES string of the molecule is NCc1cc(S(=O)(=O)NCCc2cccs2)c(Br)s1. The molecule has 2 aromatic rings. The maximum atomic E-state index is 12.1. The highest BCUT2D eigenvalue weighted by molar-refractivity contribution is 9.11. The lowest BCUT2D eigenvalue weighted by atomic mass is 10.3. The second kappa shape index (κ2) is 6.47. The van der Waals surface area contributed by atoms with Crippen LogP contribution >= 0.6 is 38.6 Å². The van der Waals surface area contributed by atoms with Gasteiger partial charge in [0.25, 0.3) is 0 Å². The predicted molar refractivity (Wildman–Crippen MR) is 83.1 cm³/mol. The van der Waals surface area contributed by atoms with Gasteiger partial charge in [0.15, 0.2) is 0 Å². The molecule has 0 spiro atoms. The van der Waals surface area contributed by atoms with Gasteiger partial charge in [-0.25, -0.2) is 13.1 Å². The Hall–Kier alpha value is -0.250. The second-order valence-electron chi connectivity index (χ2n) is 3.78. The largest absolute Gasteiger partial charge is 0.326 e. The van der Waals surface area contributed by atoms with Crippen LogP contribution in [0.2, 0.25) is 0 Å². The summed E-state index contributed by atoms with van der Waals surface area (Å²) in [5.41, 5.74) is 5.52. The molecule has 19 heavy (non-hydrogen) atoms. The summed E-state index contributed by atoms with van der Waals surface area (Å²) in [6, 6.07) is 5.56. The van der Waals surface area contributed by atoms with Crippen LogP contribution in [0.5, 0.6) is 0 Å². The molecule has 0 fully saturated rings. The van der Waals surface area contributed by atoms with Crippen molar-refractivity contribution in [2.24, 2.45) is 5.73 Å². The molecule has 104 valence electrons. The second-order valence-corrected chi connectivity index (χ2v) is 9.00. The zero-order valence-electron chi connectivity index (χ0n) is 9.93. The van der Waals surface area contributed by atoms with E-state index in [9.17, 15) is 8.42 Å². The van der Waals surface area contributed by atoms with Crippen molar-refractivity contribution in [2.75, 3.05) is 6.54 Å². The normalized spacial score (nSPS) is 11.9. The van der Waals surface area contributed by atoms with Crippen LogP contribution in [0.4, 0.5) is 0 Å². The first-order valence-corrected chi connectivity index (χ1v) is 9.50. The summed E-state index contributed by atoms with van der Waals surface area (Å²) in [6.45, 7) is 0.733. The van der Waals surface area contributed by atoms with Crippen molar-refractivity contribution in [3.63, 3.8) is 0 Å². The monoisotopic (exact) mass is 380 g/mol. The molecule has 8 heteroatoms. The van der Waals surface area contributed by atoms with Gasteiger partial charge in [-0.15, -0.1) is 22.7 Å². The number of nitrogens with one attached hydrogen (secondary N) is 1. The first kappa shape index (κ1) is 15.1. The molecular formula is C11H13BrN2O2S3. The predicted octanol–water partition coefficient (Wildman–Crippen LogP) is 2.55. The van der Waals surface area contributed by atoms with Gasteiger partial charge in [0.05, 0.1) is 3.79 Å². The summed E-state index contributed by atoms with van der Waals surface area (Å²) in [4.78, 5) is 2.27. The zero-order chi connectivity index (χ0) is 13.9. The molecule has 0 aliphatic carbocycles. The van der Waals surface area contributed by atoms with Crippen LogP contribution in [0.25, 0.3) is 0 Å². The number of thiophene rings is 2. The van der Waals surface area contributed by atoms with E-state index in [4.69, 9.17) is 5.73 Å². The Bertz CT molecular complexity index is 635. The highest BCUT2D eigenvalue weighted by atomic mass is 79.9. The van der Waals surface area contributed by atoms with E-state index in [-0.39, 0.29) is 4.90 Å². The topological polar surface area (TPSA) is 72.2 Å². The Balaban J connectivity index is 2.03. The molecule has 0 amide bonds. The fourth-order valence-corrected chi connectivity index (χ4v) is 5.82. The van der Waals surface area contributed by atoms with E-state index in [1.165, 1.54) is 11.3 Å². The van der Waals surface area contributed by atoms with E-state index in [0.717, 1.165) is 9.75 Å². The third-order valence-corrected chi connectivity index (χ3v) is 7.11. The first-order valence-electron chi connectivity index (χ1n) is 5.53. The van der Waals surface area contributed by atoms with Crippen molar-refractivity contribution in [1.29, 1.82) is 0 Å². The lowest BCUT2D eigenvalue weighted by Gasteiger charge is -2.04. The van der Waals surface area contributed by atoms with Gasteiger partial charge in [0.1, 0.15) is 4.90 Å². The molecule has 0 aliphatic rings. The standard InChI is InChI=1S/C11H13BrN2O2S3/c12-11-10(6-9(7-13)18-11)19(15,16)14-4-3-8-2-1-5-17-8/h1-2,5-6,14H,3-4,7,13H2. The van der Waals surface area contributed by atoms with E-state index < -0.39 is 10.0 Å². The van der Waals surface area contributed by atoms with E-state index in [1.807, 2.05) is 17.5 Å². The zero-order valence-corrected chi connectivity index (χ0v) is 14.0. The molecule has 0 radical (unpaired) electrons. The van der Waals surface area contributed by atoms with Gasteiger partial charge in [-0.3, -0.25) is 0 Å². The van der Waals surface area contributed by atoms with Gasteiger partial charge in [-0.2, -0.15) is 0 Å². The van der Waals surface area contributed by atoms with Gasteiger partial charge < -0.3 is 5.73 Å². The number of hydrogen-bond donors (Lipinski definition) is 2. The third kappa shape index (κ3) is 3.87. The minimum Gasteiger partial charge on any atom is -0.326 e. The molecule has 4 nitrogen and oxygen atoms in total. The molecular weight excluding hydrogens is 368 g/mol. The Morgan fingerprint density at radius 3 is 2.74 bits per heavy atom. The number of hydrogen-bond acceptors (Lipinski definition) is 5. The highest BCUT2D eigenvalue weighted by Gasteiger charge is 2.20. The molecule has 2 rings (SSSR count). The minimum atomic E-state index is -3.47. The van der Waals surface area contributed by atoms with Crippen LogP contribution in [0, 0.1) is 0 Å². The summed E-state index contributed by atoms with van der Waals surface area (Å²) in [5.74, 6) is 0. The molecule has 2 aromatic heterocycles. The van der Waals surface area contributed by atoms with Gasteiger partial charge >= 0.3 is 0 Å². The lowest BCUT2D eigenvalue weighted by Crippen LogP contribution is -2.25. The summed E-state index contributed by atoms with van der Waals surface area (Å²) in [6.07, 6.45) is 0.697. The number of nitrogens with two attached hydrogens (primary N) is 1. The first-order chi connectivity index (χ1) is 9.03. The molecule has 0 aliphatic heterocycles. The summed E-state index contributed by atoms with van der Waals surface area (Å²) < 4.78 is 27.5. The molecule has 0 atom stereocenters. The Morgan fingerprint density at radius 2 is 2.16 bits per heavy atom. The van der Waals surface area contributed by atoms with Crippen LogP contribution in [0.1, 0.15) is 9.75 Å². The van der Waals surface area contributed by atoms with Crippen LogP contribution < -0.4 is 10.5 Å². The quantitative estimate of drug-likeness (QED) is 0.808. The number of halogens is 1. The summed E-state index contributed by atoms with van der Waals surface area (Å²) in [5, 5.41) is 1.98. The van der Waals surface area contributed by atoms with E-state index in [0.29, 0.717) is 23.3 Å². The number of sulfonamides is 1. The van der Waals surface area contributed by atoms with E-state index in [2.05, 4.69) is 20.7 Å². The van der Waals surface area contributed by atoms with Crippen LogP contribution in [0.3, 0.4) is 0 Å². The lowest BCUT2D eigenvalue weighted by molar-refractivity contribution is 0.582. The maximum Gasteiger partial charge on any atom is 0.242 e. The summed E-state index contributed by atoms with van der Waals surface area (Å²) >= 11 is 6.24. The van der Waals surface area contributed by atoms with Crippen molar-refractivity contribution in [1.82, 2.24) is 4.72 Å². The molecule has 0 bridgehead atoms. The van der Waals surface area contributed by atoms with Gasteiger partial charge in [-0.1, -0.05) is 6.07 Å². The molecule has 0 saturated heterocycles. The van der Waals surface area contributed by atoms with Gasteiger partial charge in [0.2, 0.25) is 10.0 Å². The van der Waals surface area contributed by atoms with Crippen LogP contribution in [-0.2, 0) is 23.0 Å². The average Bonchev–Trinajstić information content (AvgIpc) is 2.98. The van der Waals surface area contributed by atoms with Crippen molar-refractivity contribution in [3.05, 3.63) is 37.1 Å². The molecule has 0 unspecified atom stereocenters.